The Balaban J connectivity index is 0. The number of rotatable bonds is 8. The van der Waals surface area contributed by atoms with Gasteiger partial charge in [-0.15, -0.1) is 0 Å². The molecular weight excluding hydrogens is 282 g/mol. The van der Waals surface area contributed by atoms with E-state index < -0.39 is 10.1 Å². The van der Waals surface area contributed by atoms with Crippen molar-refractivity contribution >= 4 is 16.1 Å². The van der Waals surface area contributed by atoms with E-state index in [-0.39, 0.29) is 11.7 Å². The fraction of sp³-hybridized carbons (Fsp3) is 0.769. The number of esters is 1. The summed E-state index contributed by atoms with van der Waals surface area (Å²) in [4.78, 5) is 12.9. The van der Waals surface area contributed by atoms with Crippen molar-refractivity contribution in [3.63, 3.8) is 0 Å². The average molecular weight is 309 g/mol. The van der Waals surface area contributed by atoms with Crippen LogP contribution in [0.4, 0.5) is 0 Å². The van der Waals surface area contributed by atoms with Gasteiger partial charge in [0.25, 0.3) is 10.1 Å². The molecule has 1 N–H and O–H groups in total. The maximum atomic E-state index is 10.9. The van der Waals surface area contributed by atoms with Crippen LogP contribution in [0.15, 0.2) is 12.2 Å². The molecule has 0 aliphatic carbocycles. The van der Waals surface area contributed by atoms with Gasteiger partial charge >= 0.3 is 5.97 Å². The SMILES string of the molecule is C=C(C)C(=O)OCCCN(C)C.CCCCS(=O)(=O)O. The van der Waals surface area contributed by atoms with Gasteiger partial charge < -0.3 is 9.64 Å². The van der Waals surface area contributed by atoms with E-state index in [9.17, 15) is 13.2 Å². The second kappa shape index (κ2) is 11.9. The number of nitrogens with zero attached hydrogens (tertiary/aromatic N) is 1. The van der Waals surface area contributed by atoms with E-state index in [1.807, 2.05) is 21.0 Å². The van der Waals surface area contributed by atoms with Crippen LogP contribution in [0.2, 0.25) is 0 Å². The van der Waals surface area contributed by atoms with E-state index in [1.165, 1.54) is 0 Å². The predicted molar refractivity (Wildman–Crippen MR) is 80.3 cm³/mol. The van der Waals surface area contributed by atoms with Gasteiger partial charge in [-0.05, 0) is 33.9 Å². The number of unbranched alkanes of at least 4 members (excludes halogenated alkanes) is 1. The molecule has 120 valence electrons. The summed E-state index contributed by atoms with van der Waals surface area (Å²) >= 11 is 0. The van der Waals surface area contributed by atoms with Crippen LogP contribution in [0.5, 0.6) is 0 Å². The smallest absolute Gasteiger partial charge is 0.333 e. The van der Waals surface area contributed by atoms with Crippen LogP contribution in [0.3, 0.4) is 0 Å². The van der Waals surface area contributed by atoms with Crippen LogP contribution >= 0.6 is 0 Å². The van der Waals surface area contributed by atoms with Crippen molar-refractivity contribution in [1.82, 2.24) is 4.90 Å². The van der Waals surface area contributed by atoms with Crippen molar-refractivity contribution in [2.45, 2.75) is 33.1 Å². The zero-order valence-electron chi connectivity index (χ0n) is 12.9. The molecule has 0 saturated heterocycles. The summed E-state index contributed by atoms with van der Waals surface area (Å²) < 4.78 is 32.9. The third-order valence-corrected chi connectivity index (χ3v) is 2.89. The summed E-state index contributed by atoms with van der Waals surface area (Å²) in [6, 6.07) is 0. The first-order valence-electron chi connectivity index (χ1n) is 6.52. The summed E-state index contributed by atoms with van der Waals surface area (Å²) in [6.45, 7) is 8.41. The molecule has 0 heterocycles. The highest BCUT2D eigenvalue weighted by Gasteiger charge is 2.01. The van der Waals surface area contributed by atoms with Crippen molar-refractivity contribution < 1.29 is 22.5 Å². The van der Waals surface area contributed by atoms with E-state index in [0.717, 1.165) is 19.4 Å². The van der Waals surface area contributed by atoms with E-state index in [1.54, 1.807) is 6.92 Å². The standard InChI is InChI=1S/C9H17NO2.C4H10O3S/c1-8(2)9(11)12-7-5-6-10(3)4;1-2-3-4-8(5,6)7/h1,5-7H2,2-4H3;2-4H2,1H3,(H,5,6,7). The molecule has 0 aliphatic heterocycles. The van der Waals surface area contributed by atoms with Crippen LogP contribution in [0.25, 0.3) is 0 Å². The first-order chi connectivity index (χ1) is 9.10. The molecule has 0 radical (unpaired) electrons. The van der Waals surface area contributed by atoms with Crippen LogP contribution in [-0.2, 0) is 19.6 Å². The van der Waals surface area contributed by atoms with Crippen LogP contribution in [-0.4, -0.2) is 56.8 Å². The van der Waals surface area contributed by atoms with Crippen LogP contribution in [0.1, 0.15) is 33.1 Å². The monoisotopic (exact) mass is 309 g/mol. The summed E-state index contributed by atoms with van der Waals surface area (Å²) in [7, 11) is 0.287. The Bertz CT molecular complexity index is 376. The third-order valence-electron chi connectivity index (χ3n) is 2.09. The Morgan fingerprint density at radius 3 is 2.15 bits per heavy atom. The maximum Gasteiger partial charge on any atom is 0.333 e. The lowest BCUT2D eigenvalue weighted by Crippen LogP contribution is -2.16. The molecule has 0 saturated carbocycles. The van der Waals surface area contributed by atoms with Crippen LogP contribution < -0.4 is 0 Å². The molecule has 0 aromatic heterocycles. The molecule has 0 rings (SSSR count). The van der Waals surface area contributed by atoms with E-state index in [0.29, 0.717) is 18.6 Å². The molecular formula is C13H27NO5S. The molecule has 7 heteroatoms. The third kappa shape index (κ3) is 19.4. The van der Waals surface area contributed by atoms with Gasteiger partial charge in [0, 0.05) is 12.1 Å². The maximum absolute atomic E-state index is 10.9. The average Bonchev–Trinajstić information content (AvgIpc) is 2.31. The minimum atomic E-state index is -3.69. The van der Waals surface area contributed by atoms with Gasteiger partial charge in [0.2, 0.25) is 0 Å². The van der Waals surface area contributed by atoms with Gasteiger partial charge in [0.15, 0.2) is 0 Å². The fourth-order valence-corrected chi connectivity index (χ4v) is 1.65. The highest BCUT2D eigenvalue weighted by Crippen LogP contribution is 1.93. The first kappa shape index (κ1) is 21.4. The Kier molecular flexibility index (Phi) is 12.7. The Morgan fingerprint density at radius 2 is 1.85 bits per heavy atom. The first-order valence-corrected chi connectivity index (χ1v) is 8.13. The van der Waals surface area contributed by atoms with Gasteiger partial charge in [-0.2, -0.15) is 8.42 Å². The molecule has 0 aliphatic rings. The number of carbonyl (C=O) groups is 1. The zero-order valence-corrected chi connectivity index (χ0v) is 13.7. The number of hydrogen-bond acceptors (Lipinski definition) is 5. The topological polar surface area (TPSA) is 83.9 Å². The second-order valence-electron chi connectivity index (χ2n) is 4.71. The normalized spacial score (nSPS) is 10.7. The lowest BCUT2D eigenvalue weighted by atomic mass is 10.3. The minimum absolute atomic E-state index is 0.108. The summed E-state index contributed by atoms with van der Waals surface area (Å²) in [5.74, 6) is -0.405. The molecule has 0 amide bonds. The number of ether oxygens (including phenoxy) is 1. The molecule has 0 aromatic rings. The molecule has 6 nitrogen and oxygen atoms in total. The molecule has 0 spiro atoms. The van der Waals surface area contributed by atoms with Crippen molar-refractivity contribution in [2.75, 3.05) is 33.0 Å². The predicted octanol–water partition coefficient (Wildman–Crippen LogP) is 1.73. The van der Waals surface area contributed by atoms with Gasteiger partial charge in [-0.25, -0.2) is 4.79 Å². The molecule has 0 unspecified atom stereocenters. The van der Waals surface area contributed by atoms with Crippen molar-refractivity contribution in [3.05, 3.63) is 12.2 Å². The number of hydrogen-bond donors (Lipinski definition) is 1. The number of carbonyl (C=O) groups excluding carboxylic acids is 1. The summed E-state index contributed by atoms with van der Waals surface area (Å²) in [5, 5.41) is 0. The van der Waals surface area contributed by atoms with E-state index >= 15 is 0 Å². The zero-order chi connectivity index (χ0) is 16.2. The van der Waals surface area contributed by atoms with Gasteiger partial charge in [0.1, 0.15) is 0 Å². The largest absolute Gasteiger partial charge is 0.462 e. The van der Waals surface area contributed by atoms with Gasteiger partial charge in [-0.1, -0.05) is 19.9 Å². The molecule has 0 aromatic carbocycles. The summed E-state index contributed by atoms with van der Waals surface area (Å²) in [6.07, 6.45) is 2.20. The molecule has 0 fully saturated rings. The van der Waals surface area contributed by atoms with Crippen molar-refractivity contribution in [1.29, 1.82) is 0 Å². The minimum Gasteiger partial charge on any atom is -0.462 e. The van der Waals surface area contributed by atoms with Gasteiger partial charge in [-0.3, -0.25) is 4.55 Å². The molecule has 0 atom stereocenters. The lowest BCUT2D eigenvalue weighted by Gasteiger charge is -2.09. The Hall–Kier alpha value is -0.920. The van der Waals surface area contributed by atoms with E-state index in [4.69, 9.17) is 9.29 Å². The fourth-order valence-electron chi connectivity index (χ4n) is 0.996. The lowest BCUT2D eigenvalue weighted by molar-refractivity contribution is -0.139. The van der Waals surface area contributed by atoms with Gasteiger partial charge in [0.05, 0.1) is 12.4 Å². The van der Waals surface area contributed by atoms with Crippen molar-refractivity contribution in [3.8, 4) is 0 Å². The van der Waals surface area contributed by atoms with Crippen LogP contribution in [0, 0.1) is 0 Å². The molecule has 0 bridgehead atoms. The highest BCUT2D eigenvalue weighted by molar-refractivity contribution is 7.85. The highest BCUT2D eigenvalue weighted by atomic mass is 32.2. The Labute approximate surface area is 122 Å². The van der Waals surface area contributed by atoms with E-state index in [2.05, 4.69) is 11.5 Å². The quantitative estimate of drug-likeness (QED) is 0.318. The molecule has 20 heavy (non-hydrogen) atoms. The summed E-state index contributed by atoms with van der Waals surface area (Å²) in [5.41, 5.74) is 0.458. The second-order valence-corrected chi connectivity index (χ2v) is 6.28. The van der Waals surface area contributed by atoms with Crippen molar-refractivity contribution in [2.24, 2.45) is 0 Å². The Morgan fingerprint density at radius 1 is 1.30 bits per heavy atom.